The van der Waals surface area contributed by atoms with Crippen LogP contribution in [0.25, 0.3) is 0 Å². The number of thiocarbonyl (C=S) groups is 1. The van der Waals surface area contributed by atoms with Gasteiger partial charge < -0.3 is 10.5 Å². The summed E-state index contributed by atoms with van der Waals surface area (Å²) >= 11 is 4.57. The summed E-state index contributed by atoms with van der Waals surface area (Å²) in [7, 11) is 0. The second kappa shape index (κ2) is 6.70. The smallest absolute Gasteiger partial charge is 0.242 e. The number of amides is 1. The zero-order valence-corrected chi connectivity index (χ0v) is 10.3. The molecule has 0 fully saturated rings. The van der Waals surface area contributed by atoms with E-state index in [4.69, 9.17) is 10.5 Å². The highest BCUT2D eigenvalue weighted by Crippen LogP contribution is 2.18. The highest BCUT2D eigenvalue weighted by atomic mass is 32.1. The molecule has 0 spiro atoms. The molecule has 17 heavy (non-hydrogen) atoms. The molecule has 4 N–H and O–H groups in total. The number of carbonyl (C=O) groups excluding carboxylic acids is 1. The predicted octanol–water partition coefficient (Wildman–Crippen LogP) is 0.492. The van der Waals surface area contributed by atoms with Gasteiger partial charge in [0, 0.05) is 5.56 Å². The number of rotatable bonds is 4. The zero-order valence-electron chi connectivity index (χ0n) is 9.53. The van der Waals surface area contributed by atoms with Crippen LogP contribution in [-0.2, 0) is 11.2 Å². The van der Waals surface area contributed by atoms with E-state index in [1.165, 1.54) is 0 Å². The van der Waals surface area contributed by atoms with Crippen LogP contribution in [0.3, 0.4) is 0 Å². The first kappa shape index (κ1) is 13.2. The first-order chi connectivity index (χ1) is 8.13. The first-order valence-electron chi connectivity index (χ1n) is 5.18. The fourth-order valence-electron chi connectivity index (χ4n) is 1.29. The Labute approximate surface area is 105 Å². The minimum absolute atomic E-state index is 0.0245. The maximum atomic E-state index is 11.5. The Morgan fingerprint density at radius 2 is 2.12 bits per heavy atom. The van der Waals surface area contributed by atoms with Gasteiger partial charge in [-0.25, -0.2) is 0 Å². The van der Waals surface area contributed by atoms with Crippen LogP contribution in [0.15, 0.2) is 24.3 Å². The third-order valence-corrected chi connectivity index (χ3v) is 2.05. The summed E-state index contributed by atoms with van der Waals surface area (Å²) in [6.45, 7) is 2.45. The predicted molar refractivity (Wildman–Crippen MR) is 69.4 cm³/mol. The van der Waals surface area contributed by atoms with Gasteiger partial charge >= 0.3 is 0 Å². The van der Waals surface area contributed by atoms with Crippen molar-refractivity contribution in [2.45, 2.75) is 13.3 Å². The molecular formula is C11H15N3O2S. The molecule has 0 aliphatic carbocycles. The molecule has 0 unspecified atom stereocenters. The molecule has 1 rings (SSSR count). The molecule has 5 nitrogen and oxygen atoms in total. The second-order valence-corrected chi connectivity index (χ2v) is 3.69. The number of nitrogens with two attached hydrogens (primary N) is 1. The highest BCUT2D eigenvalue weighted by Gasteiger charge is 2.07. The van der Waals surface area contributed by atoms with Crippen molar-refractivity contribution < 1.29 is 9.53 Å². The number of hydrogen-bond donors (Lipinski definition) is 3. The van der Waals surface area contributed by atoms with Gasteiger partial charge in [-0.1, -0.05) is 18.2 Å². The lowest BCUT2D eigenvalue weighted by Gasteiger charge is -2.10. The molecule has 0 radical (unpaired) electrons. The van der Waals surface area contributed by atoms with Crippen LogP contribution in [0.1, 0.15) is 12.5 Å². The van der Waals surface area contributed by atoms with Crippen LogP contribution < -0.4 is 21.3 Å². The lowest BCUT2D eigenvalue weighted by molar-refractivity contribution is -0.121. The van der Waals surface area contributed by atoms with Gasteiger partial charge in [0.15, 0.2) is 5.11 Å². The number of hydrazine groups is 1. The third kappa shape index (κ3) is 4.69. The maximum absolute atomic E-state index is 11.5. The molecule has 1 amide bonds. The summed E-state index contributed by atoms with van der Waals surface area (Å²) in [5, 5.41) is 0.0245. The maximum Gasteiger partial charge on any atom is 0.242 e. The largest absolute Gasteiger partial charge is 0.494 e. The molecule has 0 saturated carbocycles. The molecule has 0 saturated heterocycles. The zero-order chi connectivity index (χ0) is 12.7. The van der Waals surface area contributed by atoms with Crippen molar-refractivity contribution in [1.82, 2.24) is 10.9 Å². The Kier molecular flexibility index (Phi) is 5.22. The number of hydrogen-bond acceptors (Lipinski definition) is 3. The van der Waals surface area contributed by atoms with Gasteiger partial charge in [-0.2, -0.15) is 0 Å². The van der Waals surface area contributed by atoms with E-state index in [9.17, 15) is 4.79 Å². The van der Waals surface area contributed by atoms with Gasteiger partial charge in [-0.15, -0.1) is 0 Å². The molecule has 0 heterocycles. The second-order valence-electron chi connectivity index (χ2n) is 3.25. The minimum Gasteiger partial charge on any atom is -0.494 e. The lowest BCUT2D eigenvalue weighted by Crippen LogP contribution is -2.44. The molecule has 0 bridgehead atoms. The molecule has 0 aromatic heterocycles. The van der Waals surface area contributed by atoms with Crippen molar-refractivity contribution in [3.8, 4) is 5.75 Å². The van der Waals surface area contributed by atoms with Crippen molar-refractivity contribution in [1.29, 1.82) is 0 Å². The van der Waals surface area contributed by atoms with Crippen LogP contribution in [0.2, 0.25) is 0 Å². The van der Waals surface area contributed by atoms with Crippen molar-refractivity contribution in [2.75, 3.05) is 6.61 Å². The molecule has 92 valence electrons. The topological polar surface area (TPSA) is 76.4 Å². The number of nitrogens with one attached hydrogen (secondary N) is 2. The number of carbonyl (C=O) groups is 1. The quantitative estimate of drug-likeness (QED) is 0.538. The van der Waals surface area contributed by atoms with Crippen LogP contribution >= 0.6 is 12.2 Å². The third-order valence-electron chi connectivity index (χ3n) is 1.95. The number of ether oxygens (including phenoxy) is 1. The standard InChI is InChI=1S/C11H15N3O2S/c1-2-16-9-6-4-3-5-8(9)7-10(15)13-14-11(12)17/h3-6H,2,7H2,1H3,(H,13,15)(H3,12,14,17). The average molecular weight is 253 g/mol. The Morgan fingerprint density at radius 3 is 2.76 bits per heavy atom. The summed E-state index contributed by atoms with van der Waals surface area (Å²) in [5.41, 5.74) is 10.8. The summed E-state index contributed by atoms with van der Waals surface area (Å²) in [6, 6.07) is 7.38. The molecule has 0 atom stereocenters. The van der Waals surface area contributed by atoms with E-state index >= 15 is 0 Å². The monoisotopic (exact) mass is 253 g/mol. The highest BCUT2D eigenvalue weighted by molar-refractivity contribution is 7.80. The van der Waals surface area contributed by atoms with Crippen LogP contribution in [0.4, 0.5) is 0 Å². The minimum atomic E-state index is -0.232. The SMILES string of the molecule is CCOc1ccccc1CC(=O)NNC(N)=S. The summed E-state index contributed by atoms with van der Waals surface area (Å²) in [4.78, 5) is 11.5. The van der Waals surface area contributed by atoms with Gasteiger partial charge in [0.2, 0.25) is 5.91 Å². The molecular weight excluding hydrogens is 238 g/mol. The normalized spacial score (nSPS) is 9.47. The molecule has 0 aliphatic heterocycles. The Morgan fingerprint density at radius 1 is 1.41 bits per heavy atom. The van der Waals surface area contributed by atoms with E-state index in [1.807, 2.05) is 31.2 Å². The van der Waals surface area contributed by atoms with Crippen molar-refractivity contribution >= 4 is 23.2 Å². The molecule has 0 aliphatic rings. The summed E-state index contributed by atoms with van der Waals surface area (Å²) in [6.07, 6.45) is 0.200. The van der Waals surface area contributed by atoms with Crippen molar-refractivity contribution in [3.05, 3.63) is 29.8 Å². The van der Waals surface area contributed by atoms with E-state index in [0.717, 1.165) is 5.56 Å². The fraction of sp³-hybridized carbons (Fsp3) is 0.273. The summed E-state index contributed by atoms with van der Waals surface area (Å²) in [5.74, 6) is 0.477. The van der Waals surface area contributed by atoms with E-state index in [1.54, 1.807) is 0 Å². The molecule has 1 aromatic carbocycles. The lowest BCUT2D eigenvalue weighted by atomic mass is 10.1. The molecule has 1 aromatic rings. The van der Waals surface area contributed by atoms with Crippen molar-refractivity contribution in [2.24, 2.45) is 5.73 Å². The Bertz CT molecular complexity index is 409. The van der Waals surface area contributed by atoms with E-state index in [2.05, 4.69) is 23.1 Å². The first-order valence-corrected chi connectivity index (χ1v) is 5.59. The van der Waals surface area contributed by atoms with Gasteiger partial charge in [0.05, 0.1) is 13.0 Å². The van der Waals surface area contributed by atoms with E-state index in [-0.39, 0.29) is 17.4 Å². The number of para-hydroxylation sites is 1. The van der Waals surface area contributed by atoms with Gasteiger partial charge in [-0.3, -0.25) is 15.6 Å². The molecule has 6 heteroatoms. The van der Waals surface area contributed by atoms with Gasteiger partial charge in [-0.05, 0) is 25.2 Å². The van der Waals surface area contributed by atoms with E-state index < -0.39 is 0 Å². The van der Waals surface area contributed by atoms with Crippen molar-refractivity contribution in [3.63, 3.8) is 0 Å². The average Bonchev–Trinajstić information content (AvgIpc) is 2.29. The Hall–Kier alpha value is -1.82. The van der Waals surface area contributed by atoms with Gasteiger partial charge in [0.25, 0.3) is 0 Å². The number of benzene rings is 1. The fourth-order valence-corrected chi connectivity index (χ4v) is 1.35. The van der Waals surface area contributed by atoms with Crippen LogP contribution in [0, 0.1) is 0 Å². The van der Waals surface area contributed by atoms with E-state index in [0.29, 0.717) is 12.4 Å². The van der Waals surface area contributed by atoms with Crippen LogP contribution in [0.5, 0.6) is 5.75 Å². The van der Waals surface area contributed by atoms with Gasteiger partial charge in [0.1, 0.15) is 5.75 Å². The summed E-state index contributed by atoms with van der Waals surface area (Å²) < 4.78 is 5.41. The Balaban J connectivity index is 2.61. The van der Waals surface area contributed by atoms with Crippen LogP contribution in [-0.4, -0.2) is 17.6 Å².